The number of hydrogen-bond acceptors (Lipinski definition) is 2. The van der Waals surface area contributed by atoms with E-state index in [2.05, 4.69) is 13.8 Å². The van der Waals surface area contributed by atoms with Gasteiger partial charge < -0.3 is 9.90 Å². The number of carboxylic acids is 1. The molecule has 0 aromatic rings. The number of carbonyl (C=O) groups excluding carboxylic acids is 1. The van der Waals surface area contributed by atoms with Crippen molar-refractivity contribution in [2.75, 3.05) is 0 Å². The maximum atomic E-state index is 10.9. The molecule has 0 aromatic carbocycles. The minimum absolute atomic E-state index is 0.0122. The summed E-state index contributed by atoms with van der Waals surface area (Å²) in [4.78, 5) is 10.9. The largest absolute Gasteiger partial charge is 0.550 e. The van der Waals surface area contributed by atoms with Gasteiger partial charge in [0.15, 0.2) is 0 Å². The first-order valence-corrected chi connectivity index (χ1v) is 4.74. The summed E-state index contributed by atoms with van der Waals surface area (Å²) in [5, 5.41) is 10.9. The van der Waals surface area contributed by atoms with E-state index >= 15 is 0 Å². The predicted molar refractivity (Wildman–Crippen MR) is 43.1 cm³/mol. The van der Waals surface area contributed by atoms with Crippen LogP contribution in [0.4, 0.5) is 0 Å². The minimum atomic E-state index is -0.827. The fourth-order valence-corrected chi connectivity index (χ4v) is 3.35. The van der Waals surface area contributed by atoms with Gasteiger partial charge >= 0.3 is 0 Å². The maximum absolute atomic E-state index is 10.9. The van der Waals surface area contributed by atoms with Gasteiger partial charge in [-0.1, -0.05) is 13.8 Å². The number of hydrogen-bond donors (Lipinski definition) is 0. The second kappa shape index (κ2) is 2.24. The lowest BCUT2D eigenvalue weighted by Crippen LogP contribution is -2.43. The summed E-state index contributed by atoms with van der Waals surface area (Å²) >= 11 is 0. The lowest BCUT2D eigenvalue weighted by molar-refractivity contribution is -0.316. The van der Waals surface area contributed by atoms with Crippen molar-refractivity contribution in [3.05, 3.63) is 0 Å². The molecule has 0 aromatic heterocycles. The Morgan fingerprint density at radius 3 is 2.42 bits per heavy atom. The highest BCUT2D eigenvalue weighted by Gasteiger charge is 2.52. The smallest absolute Gasteiger partial charge is 0.0453 e. The van der Waals surface area contributed by atoms with Crippen molar-refractivity contribution < 1.29 is 9.90 Å². The van der Waals surface area contributed by atoms with Gasteiger partial charge in [-0.3, -0.25) is 0 Å². The Morgan fingerprint density at radius 2 is 2.08 bits per heavy atom. The van der Waals surface area contributed by atoms with E-state index in [9.17, 15) is 9.90 Å². The van der Waals surface area contributed by atoms with Gasteiger partial charge in [0, 0.05) is 11.9 Å². The lowest BCUT2D eigenvalue weighted by atomic mass is 9.69. The summed E-state index contributed by atoms with van der Waals surface area (Å²) in [6, 6.07) is 0. The summed E-state index contributed by atoms with van der Waals surface area (Å²) in [6.07, 6.45) is 3.44. The first-order chi connectivity index (χ1) is 5.53. The third-order valence-corrected chi connectivity index (χ3v) is 4.05. The molecule has 0 radical (unpaired) electrons. The molecular weight excluding hydrogens is 152 g/mol. The molecule has 2 aliphatic rings. The van der Waals surface area contributed by atoms with Gasteiger partial charge in [0.05, 0.1) is 0 Å². The molecule has 12 heavy (non-hydrogen) atoms. The summed E-state index contributed by atoms with van der Waals surface area (Å²) in [7, 11) is 0. The minimum Gasteiger partial charge on any atom is -0.550 e. The van der Waals surface area contributed by atoms with E-state index in [4.69, 9.17) is 0 Å². The van der Waals surface area contributed by atoms with Crippen LogP contribution in [0.2, 0.25) is 0 Å². The molecule has 2 saturated carbocycles. The second-order valence-corrected chi connectivity index (χ2v) is 4.89. The fraction of sp³-hybridized carbons (Fsp3) is 0.900. The van der Waals surface area contributed by atoms with Gasteiger partial charge in [0.1, 0.15) is 0 Å². The molecule has 2 rings (SSSR count). The Kier molecular flexibility index (Phi) is 1.51. The molecule has 2 fully saturated rings. The summed E-state index contributed by atoms with van der Waals surface area (Å²) < 4.78 is 0. The van der Waals surface area contributed by atoms with E-state index in [1.54, 1.807) is 0 Å². The third kappa shape index (κ3) is 0.838. The van der Waals surface area contributed by atoms with Crippen LogP contribution in [0.5, 0.6) is 0 Å². The molecule has 0 saturated heterocycles. The van der Waals surface area contributed by atoms with Gasteiger partial charge in [-0.05, 0) is 36.5 Å². The summed E-state index contributed by atoms with van der Waals surface area (Å²) in [5.74, 6) is 0.0313. The fourth-order valence-electron chi connectivity index (χ4n) is 3.35. The van der Waals surface area contributed by atoms with Crippen LogP contribution in [-0.4, -0.2) is 5.97 Å². The molecule has 2 bridgehead atoms. The predicted octanol–water partition coefficient (Wildman–Crippen LogP) is 0.809. The van der Waals surface area contributed by atoms with E-state index < -0.39 is 5.97 Å². The molecular formula is C10H15O2-. The van der Waals surface area contributed by atoms with Gasteiger partial charge in [-0.2, -0.15) is 0 Å². The summed E-state index contributed by atoms with van der Waals surface area (Å²) in [6.45, 7) is 4.16. The Morgan fingerprint density at radius 1 is 1.42 bits per heavy atom. The zero-order valence-corrected chi connectivity index (χ0v) is 7.67. The van der Waals surface area contributed by atoms with Crippen LogP contribution < -0.4 is 5.11 Å². The van der Waals surface area contributed by atoms with Crippen LogP contribution in [0.1, 0.15) is 33.1 Å². The molecule has 0 spiro atoms. The van der Waals surface area contributed by atoms with Crippen molar-refractivity contribution in [3.8, 4) is 0 Å². The van der Waals surface area contributed by atoms with E-state index in [1.807, 2.05) is 0 Å². The first-order valence-electron chi connectivity index (χ1n) is 4.74. The molecule has 68 valence electrons. The molecule has 0 aliphatic heterocycles. The normalized spacial score (nSPS) is 43.3. The third-order valence-electron chi connectivity index (χ3n) is 4.05. The molecule has 0 N–H and O–H groups in total. The molecule has 0 heterocycles. The average molecular weight is 167 g/mol. The SMILES string of the molecule is CC1(C)C2CCC(C2)C1C(=O)[O-]. The Labute approximate surface area is 73.0 Å². The van der Waals surface area contributed by atoms with Crippen LogP contribution in [0.3, 0.4) is 0 Å². The number of aliphatic carboxylic acids is 1. The number of rotatable bonds is 1. The van der Waals surface area contributed by atoms with Crippen LogP contribution >= 0.6 is 0 Å². The van der Waals surface area contributed by atoms with Crippen molar-refractivity contribution >= 4 is 5.97 Å². The first kappa shape index (κ1) is 8.09. The molecule has 2 heteroatoms. The van der Waals surface area contributed by atoms with Crippen LogP contribution in [0, 0.1) is 23.2 Å². The van der Waals surface area contributed by atoms with E-state index in [1.165, 1.54) is 6.42 Å². The monoisotopic (exact) mass is 167 g/mol. The van der Waals surface area contributed by atoms with Crippen LogP contribution in [-0.2, 0) is 4.79 Å². The Hall–Kier alpha value is -0.530. The number of fused-ring (bicyclic) bond motifs is 2. The van der Waals surface area contributed by atoms with Crippen molar-refractivity contribution in [3.63, 3.8) is 0 Å². The second-order valence-electron chi connectivity index (χ2n) is 4.89. The van der Waals surface area contributed by atoms with Gasteiger partial charge in [0.25, 0.3) is 0 Å². The highest BCUT2D eigenvalue weighted by Crippen LogP contribution is 2.58. The molecule has 2 nitrogen and oxygen atoms in total. The van der Waals surface area contributed by atoms with Gasteiger partial charge in [0.2, 0.25) is 0 Å². The van der Waals surface area contributed by atoms with Gasteiger partial charge in [-0.25, -0.2) is 0 Å². The van der Waals surface area contributed by atoms with E-state index in [0.29, 0.717) is 11.8 Å². The topological polar surface area (TPSA) is 40.1 Å². The standard InChI is InChI=1S/C10H16O2/c1-10(2)7-4-3-6(5-7)8(10)9(11)12/h6-8H,3-5H2,1-2H3,(H,11,12)/p-1. The Bertz CT molecular complexity index is 220. The number of carboxylic acid groups (broad SMARTS) is 1. The van der Waals surface area contributed by atoms with Crippen molar-refractivity contribution in [1.29, 1.82) is 0 Å². The van der Waals surface area contributed by atoms with Crippen molar-refractivity contribution in [1.82, 2.24) is 0 Å². The quantitative estimate of drug-likeness (QED) is 0.579. The molecule has 0 amide bonds. The highest BCUT2D eigenvalue weighted by molar-refractivity contribution is 5.70. The van der Waals surface area contributed by atoms with Gasteiger partial charge in [-0.15, -0.1) is 0 Å². The van der Waals surface area contributed by atoms with Crippen molar-refractivity contribution in [2.45, 2.75) is 33.1 Å². The Balaban J connectivity index is 2.29. The van der Waals surface area contributed by atoms with E-state index in [-0.39, 0.29) is 11.3 Å². The highest BCUT2D eigenvalue weighted by atomic mass is 16.4. The molecule has 3 unspecified atom stereocenters. The van der Waals surface area contributed by atoms with Crippen LogP contribution in [0.15, 0.2) is 0 Å². The maximum Gasteiger partial charge on any atom is 0.0453 e. The van der Waals surface area contributed by atoms with Crippen LogP contribution in [0.25, 0.3) is 0 Å². The number of carbonyl (C=O) groups is 1. The van der Waals surface area contributed by atoms with Crippen molar-refractivity contribution in [2.24, 2.45) is 23.2 Å². The molecule has 2 aliphatic carbocycles. The average Bonchev–Trinajstić information content (AvgIpc) is 2.41. The summed E-state index contributed by atoms with van der Waals surface area (Å²) in [5.41, 5.74) is -0.0122. The lowest BCUT2D eigenvalue weighted by Gasteiger charge is -2.38. The van der Waals surface area contributed by atoms with E-state index in [0.717, 1.165) is 12.8 Å². The zero-order chi connectivity index (χ0) is 8.93. The molecule has 3 atom stereocenters. The zero-order valence-electron chi connectivity index (χ0n) is 7.67.